The lowest BCUT2D eigenvalue weighted by atomic mass is 10.5. The molecule has 0 aromatic carbocycles. The maximum atomic E-state index is 4.90. The Labute approximate surface area is 54.9 Å². The molecule has 1 aliphatic rings. The molecule has 2 nitrogen and oxygen atoms in total. The van der Waals surface area contributed by atoms with Gasteiger partial charge in [-0.15, -0.1) is 6.42 Å². The smallest absolute Gasteiger partial charge is 0.177 e. The lowest BCUT2D eigenvalue weighted by molar-refractivity contribution is 0.180. The molecule has 0 atom stereocenters. The van der Waals surface area contributed by atoms with Gasteiger partial charge in [0, 0.05) is 5.92 Å². The van der Waals surface area contributed by atoms with E-state index >= 15 is 0 Å². The first-order chi connectivity index (χ1) is 4.43. The number of rotatable bonds is 3. The molecule has 0 saturated heterocycles. The molecular weight excluding hydrogens is 114 g/mol. The third-order valence-corrected chi connectivity index (χ3v) is 1.03. The summed E-state index contributed by atoms with van der Waals surface area (Å²) >= 11 is 0. The van der Waals surface area contributed by atoms with Crippen LogP contribution in [-0.4, -0.2) is 12.8 Å². The van der Waals surface area contributed by atoms with Crippen molar-refractivity contribution in [1.29, 1.82) is 0 Å². The predicted octanol–water partition coefficient (Wildman–Crippen LogP) is 0.909. The normalized spacial score (nSPS) is 17.7. The predicted molar refractivity (Wildman–Crippen MR) is 34.9 cm³/mol. The van der Waals surface area contributed by atoms with Gasteiger partial charge in [-0.1, -0.05) is 11.1 Å². The Hall–Kier alpha value is -0.970. The van der Waals surface area contributed by atoms with Crippen LogP contribution in [0.25, 0.3) is 0 Å². The van der Waals surface area contributed by atoms with E-state index in [4.69, 9.17) is 6.42 Å². The molecule has 1 saturated carbocycles. The minimum Gasteiger partial charge on any atom is -0.382 e. The summed E-state index contributed by atoms with van der Waals surface area (Å²) in [6, 6.07) is 0. The molecule has 0 bridgehead atoms. The van der Waals surface area contributed by atoms with Crippen LogP contribution in [0.5, 0.6) is 0 Å². The van der Waals surface area contributed by atoms with Crippen molar-refractivity contribution in [3.8, 4) is 12.3 Å². The zero-order valence-electron chi connectivity index (χ0n) is 5.13. The van der Waals surface area contributed by atoms with Gasteiger partial charge in [-0.2, -0.15) is 0 Å². The van der Waals surface area contributed by atoms with Crippen molar-refractivity contribution in [1.82, 2.24) is 0 Å². The van der Waals surface area contributed by atoms with E-state index in [-0.39, 0.29) is 6.61 Å². The number of terminal acetylenes is 1. The van der Waals surface area contributed by atoms with Crippen molar-refractivity contribution < 1.29 is 4.84 Å². The van der Waals surface area contributed by atoms with E-state index in [1.165, 1.54) is 12.8 Å². The van der Waals surface area contributed by atoms with E-state index in [9.17, 15) is 0 Å². The lowest BCUT2D eigenvalue weighted by Gasteiger charge is -1.85. The van der Waals surface area contributed by atoms with Gasteiger partial charge in [0.1, 0.15) is 6.21 Å². The number of hydrogen-bond donors (Lipinski definition) is 0. The summed E-state index contributed by atoms with van der Waals surface area (Å²) in [5, 5.41) is 3.53. The van der Waals surface area contributed by atoms with Crippen molar-refractivity contribution in [2.75, 3.05) is 6.61 Å². The van der Waals surface area contributed by atoms with Gasteiger partial charge in [0.05, 0.1) is 0 Å². The van der Waals surface area contributed by atoms with Crippen LogP contribution in [0.2, 0.25) is 0 Å². The molecule has 47 valence electrons. The van der Waals surface area contributed by atoms with E-state index in [0.717, 1.165) is 0 Å². The number of hydrogen-bond acceptors (Lipinski definition) is 2. The Morgan fingerprint density at radius 3 is 3.00 bits per heavy atom. The van der Waals surface area contributed by atoms with Gasteiger partial charge < -0.3 is 4.84 Å². The highest BCUT2D eigenvalue weighted by Crippen LogP contribution is 2.26. The van der Waals surface area contributed by atoms with Crippen LogP contribution in [0.15, 0.2) is 5.16 Å². The molecule has 1 aliphatic carbocycles. The molecule has 0 aromatic heterocycles. The fourth-order valence-electron chi connectivity index (χ4n) is 0.394. The van der Waals surface area contributed by atoms with Crippen LogP contribution in [-0.2, 0) is 4.84 Å². The first-order valence-electron chi connectivity index (χ1n) is 2.94. The summed E-state index contributed by atoms with van der Waals surface area (Å²) < 4.78 is 0. The summed E-state index contributed by atoms with van der Waals surface area (Å²) in [7, 11) is 0. The lowest BCUT2D eigenvalue weighted by Crippen LogP contribution is -1.83. The molecule has 1 rings (SSSR count). The van der Waals surface area contributed by atoms with Crippen molar-refractivity contribution in [3.63, 3.8) is 0 Å². The van der Waals surface area contributed by atoms with Gasteiger partial charge >= 0.3 is 0 Å². The third kappa shape index (κ3) is 2.76. The largest absolute Gasteiger partial charge is 0.382 e. The highest BCUT2D eigenvalue weighted by molar-refractivity contribution is 5.62. The van der Waals surface area contributed by atoms with Crippen LogP contribution >= 0.6 is 0 Å². The highest BCUT2D eigenvalue weighted by Gasteiger charge is 2.19. The topological polar surface area (TPSA) is 21.6 Å². The SMILES string of the molecule is C#CCO/N=[C]/C1CC1. The molecule has 1 fully saturated rings. The first-order valence-corrected chi connectivity index (χ1v) is 2.94. The Bertz CT molecular complexity index is 141. The average Bonchev–Trinajstić information content (AvgIpc) is 2.63. The molecule has 0 aromatic rings. The molecule has 0 N–H and O–H groups in total. The van der Waals surface area contributed by atoms with Crippen LogP contribution in [0.1, 0.15) is 12.8 Å². The maximum absolute atomic E-state index is 4.90. The molecular formula is C7H8NO. The fraction of sp³-hybridized carbons (Fsp3) is 0.571. The second-order valence-electron chi connectivity index (χ2n) is 1.97. The van der Waals surface area contributed by atoms with E-state index in [0.29, 0.717) is 5.92 Å². The van der Waals surface area contributed by atoms with Crippen molar-refractivity contribution in [2.45, 2.75) is 12.8 Å². The fourth-order valence-corrected chi connectivity index (χ4v) is 0.394. The van der Waals surface area contributed by atoms with Gasteiger partial charge in [0.15, 0.2) is 6.61 Å². The molecule has 0 unspecified atom stereocenters. The molecule has 2 heteroatoms. The van der Waals surface area contributed by atoms with Gasteiger partial charge in [0.2, 0.25) is 0 Å². The Kier molecular flexibility index (Phi) is 2.14. The minimum atomic E-state index is 0.250. The average molecular weight is 122 g/mol. The molecule has 0 heterocycles. The Morgan fingerprint density at radius 1 is 1.67 bits per heavy atom. The minimum absolute atomic E-state index is 0.250. The zero-order valence-corrected chi connectivity index (χ0v) is 5.13. The quantitative estimate of drug-likeness (QED) is 0.236. The standard InChI is InChI=1S/C7H8NO/c1-2-5-9-8-6-7-3-4-7/h1,7H,3-5H2. The molecule has 1 radical (unpaired) electrons. The monoisotopic (exact) mass is 122 g/mol. The van der Waals surface area contributed by atoms with Crippen LogP contribution in [0.4, 0.5) is 0 Å². The highest BCUT2D eigenvalue weighted by atomic mass is 16.6. The molecule has 0 spiro atoms. The van der Waals surface area contributed by atoms with Crippen molar-refractivity contribution >= 4 is 6.21 Å². The zero-order chi connectivity index (χ0) is 6.53. The van der Waals surface area contributed by atoms with E-state index in [1.54, 1.807) is 0 Å². The van der Waals surface area contributed by atoms with Gasteiger partial charge in [-0.3, -0.25) is 0 Å². The molecule has 0 amide bonds. The summed E-state index contributed by atoms with van der Waals surface area (Å²) in [6.07, 6.45) is 10.1. The second kappa shape index (κ2) is 3.13. The number of nitrogens with zero attached hydrogens (tertiary/aromatic N) is 1. The maximum Gasteiger partial charge on any atom is 0.177 e. The van der Waals surface area contributed by atoms with Crippen LogP contribution in [0, 0.1) is 18.3 Å². The molecule has 9 heavy (non-hydrogen) atoms. The van der Waals surface area contributed by atoms with E-state index in [1.807, 2.05) is 0 Å². The summed E-state index contributed by atoms with van der Waals surface area (Å²) in [5.74, 6) is 2.85. The Balaban J connectivity index is 1.96. The van der Waals surface area contributed by atoms with Crippen LogP contribution < -0.4 is 0 Å². The van der Waals surface area contributed by atoms with Crippen molar-refractivity contribution in [2.24, 2.45) is 11.1 Å². The second-order valence-corrected chi connectivity index (χ2v) is 1.97. The van der Waals surface area contributed by atoms with Crippen molar-refractivity contribution in [3.05, 3.63) is 0 Å². The summed E-state index contributed by atoms with van der Waals surface area (Å²) in [6.45, 7) is 0.250. The van der Waals surface area contributed by atoms with Gasteiger partial charge in [0.25, 0.3) is 0 Å². The summed E-state index contributed by atoms with van der Waals surface area (Å²) in [5.41, 5.74) is 0. The third-order valence-electron chi connectivity index (χ3n) is 1.03. The van der Waals surface area contributed by atoms with E-state index < -0.39 is 0 Å². The summed E-state index contributed by atoms with van der Waals surface area (Å²) in [4.78, 5) is 4.61. The van der Waals surface area contributed by atoms with Gasteiger partial charge in [-0.25, -0.2) is 0 Å². The van der Waals surface area contributed by atoms with E-state index in [2.05, 4.69) is 22.1 Å². The Morgan fingerprint density at radius 2 is 2.44 bits per heavy atom. The van der Waals surface area contributed by atoms with Gasteiger partial charge in [-0.05, 0) is 12.8 Å². The molecule has 0 aliphatic heterocycles. The van der Waals surface area contributed by atoms with Crippen LogP contribution in [0.3, 0.4) is 0 Å². The first kappa shape index (κ1) is 6.15.